The van der Waals surface area contributed by atoms with Gasteiger partial charge in [0.15, 0.2) is 0 Å². The van der Waals surface area contributed by atoms with Crippen molar-refractivity contribution in [2.24, 2.45) is 0 Å². The quantitative estimate of drug-likeness (QED) is 0.812. The highest BCUT2D eigenvalue weighted by Crippen LogP contribution is 2.23. The fourth-order valence-electron chi connectivity index (χ4n) is 3.50. The number of nitrogens with zero attached hydrogens (tertiary/aromatic N) is 2. The van der Waals surface area contributed by atoms with Gasteiger partial charge >= 0.3 is 12.0 Å². The number of carboxylic acid groups (broad SMARTS) is 1. The second kappa shape index (κ2) is 7.63. The maximum absolute atomic E-state index is 12.4. The summed E-state index contributed by atoms with van der Waals surface area (Å²) < 4.78 is 25.7. The Morgan fingerprint density at radius 2 is 1.88 bits per heavy atom. The number of benzene rings is 1. The molecule has 1 atom stereocenters. The third-order valence-corrected chi connectivity index (χ3v) is 6.87. The van der Waals surface area contributed by atoms with Crippen LogP contribution in [-0.2, 0) is 16.6 Å². The van der Waals surface area contributed by atoms with Gasteiger partial charge < -0.3 is 15.3 Å². The van der Waals surface area contributed by atoms with Crippen molar-refractivity contribution in [1.29, 1.82) is 0 Å². The van der Waals surface area contributed by atoms with Gasteiger partial charge in [-0.15, -0.1) is 0 Å². The fourth-order valence-corrected chi connectivity index (χ4v) is 5.26. The molecule has 1 aromatic carbocycles. The van der Waals surface area contributed by atoms with E-state index in [4.69, 9.17) is 5.11 Å². The van der Waals surface area contributed by atoms with Crippen molar-refractivity contribution in [2.45, 2.75) is 31.8 Å². The van der Waals surface area contributed by atoms with Gasteiger partial charge in [-0.25, -0.2) is 18.0 Å². The van der Waals surface area contributed by atoms with E-state index in [1.807, 2.05) is 0 Å². The second-order valence-electron chi connectivity index (χ2n) is 6.68. The Labute approximate surface area is 152 Å². The standard InChI is InChI=1S/C17H23N3O5S/c21-16(22)14-6-4-13(5-7-14)11-18-17(23)19-8-1-3-15(12-19)20-9-2-10-26(20,24)25/h4-7,15H,1-3,8-12H2,(H,18,23)(H,21,22). The van der Waals surface area contributed by atoms with Crippen LogP contribution < -0.4 is 5.32 Å². The molecule has 2 heterocycles. The maximum Gasteiger partial charge on any atom is 0.335 e. The normalized spacial score (nSPS) is 22.9. The minimum absolute atomic E-state index is 0.142. The Morgan fingerprint density at radius 3 is 2.50 bits per heavy atom. The molecule has 2 aliphatic heterocycles. The number of carboxylic acids is 1. The Kier molecular flexibility index (Phi) is 5.47. The monoisotopic (exact) mass is 381 g/mol. The molecule has 142 valence electrons. The number of aromatic carboxylic acids is 1. The topological polar surface area (TPSA) is 107 Å². The van der Waals surface area contributed by atoms with E-state index in [-0.39, 0.29) is 23.4 Å². The van der Waals surface area contributed by atoms with Crippen LogP contribution in [0.15, 0.2) is 24.3 Å². The zero-order valence-electron chi connectivity index (χ0n) is 14.4. The Morgan fingerprint density at radius 1 is 1.15 bits per heavy atom. The van der Waals surface area contributed by atoms with E-state index in [0.29, 0.717) is 32.6 Å². The summed E-state index contributed by atoms with van der Waals surface area (Å²) in [5.74, 6) is -0.793. The SMILES string of the molecule is O=C(O)c1ccc(CNC(=O)N2CCCC(N3CCCS3(=O)=O)C2)cc1. The lowest BCUT2D eigenvalue weighted by Gasteiger charge is -2.36. The van der Waals surface area contributed by atoms with E-state index in [1.54, 1.807) is 21.3 Å². The summed E-state index contributed by atoms with van der Waals surface area (Å²) in [6.45, 7) is 1.84. The molecule has 1 aromatic rings. The van der Waals surface area contributed by atoms with Crippen LogP contribution in [0.25, 0.3) is 0 Å². The fraction of sp³-hybridized carbons (Fsp3) is 0.529. The van der Waals surface area contributed by atoms with Gasteiger partial charge in [0.05, 0.1) is 11.3 Å². The summed E-state index contributed by atoms with van der Waals surface area (Å²) in [7, 11) is -3.18. The third-order valence-electron chi connectivity index (χ3n) is 4.87. The smallest absolute Gasteiger partial charge is 0.335 e. The molecule has 8 nitrogen and oxygen atoms in total. The van der Waals surface area contributed by atoms with Crippen molar-refractivity contribution in [3.05, 3.63) is 35.4 Å². The highest BCUT2D eigenvalue weighted by molar-refractivity contribution is 7.89. The molecular formula is C17H23N3O5S. The van der Waals surface area contributed by atoms with Crippen LogP contribution >= 0.6 is 0 Å². The molecule has 0 saturated carbocycles. The highest BCUT2D eigenvalue weighted by Gasteiger charge is 2.37. The lowest BCUT2D eigenvalue weighted by molar-refractivity contribution is 0.0697. The summed E-state index contributed by atoms with van der Waals surface area (Å²) in [6, 6.07) is 5.96. The molecule has 2 fully saturated rings. The van der Waals surface area contributed by atoms with Gasteiger partial charge in [0.25, 0.3) is 0 Å². The van der Waals surface area contributed by atoms with Crippen molar-refractivity contribution in [1.82, 2.24) is 14.5 Å². The molecule has 0 aliphatic carbocycles. The lowest BCUT2D eigenvalue weighted by atomic mass is 10.1. The molecular weight excluding hydrogens is 358 g/mol. The Hall–Kier alpha value is -2.13. The number of rotatable bonds is 4. The molecule has 9 heteroatoms. The van der Waals surface area contributed by atoms with Gasteiger partial charge in [0.1, 0.15) is 0 Å². The predicted molar refractivity (Wildman–Crippen MR) is 95.3 cm³/mol. The molecule has 0 radical (unpaired) electrons. The summed E-state index contributed by atoms with van der Waals surface area (Å²) in [6.07, 6.45) is 2.20. The van der Waals surface area contributed by atoms with Gasteiger partial charge in [-0.1, -0.05) is 12.1 Å². The number of sulfonamides is 1. The first kappa shape index (κ1) is 18.7. The van der Waals surface area contributed by atoms with Crippen molar-refractivity contribution < 1.29 is 23.1 Å². The van der Waals surface area contributed by atoms with Crippen molar-refractivity contribution in [2.75, 3.05) is 25.4 Å². The average Bonchev–Trinajstić information content (AvgIpc) is 2.99. The van der Waals surface area contributed by atoms with Crippen LogP contribution in [0.3, 0.4) is 0 Å². The number of piperidine rings is 1. The van der Waals surface area contributed by atoms with Crippen LogP contribution in [0.5, 0.6) is 0 Å². The van der Waals surface area contributed by atoms with Crippen molar-refractivity contribution in [3.8, 4) is 0 Å². The summed E-state index contributed by atoms with van der Waals surface area (Å²) in [4.78, 5) is 24.9. The van der Waals surface area contributed by atoms with Crippen molar-refractivity contribution in [3.63, 3.8) is 0 Å². The average molecular weight is 381 g/mol. The van der Waals surface area contributed by atoms with Crippen molar-refractivity contribution >= 4 is 22.0 Å². The maximum atomic E-state index is 12.4. The zero-order chi connectivity index (χ0) is 18.7. The van der Waals surface area contributed by atoms with E-state index >= 15 is 0 Å². The van der Waals surface area contributed by atoms with Gasteiger partial charge in [-0.2, -0.15) is 4.31 Å². The third kappa shape index (κ3) is 4.16. The van der Waals surface area contributed by atoms with E-state index < -0.39 is 16.0 Å². The predicted octanol–water partition coefficient (Wildman–Crippen LogP) is 1.09. The number of nitrogens with one attached hydrogen (secondary N) is 1. The van der Waals surface area contributed by atoms with E-state index in [9.17, 15) is 18.0 Å². The molecule has 0 aromatic heterocycles. The summed E-state index contributed by atoms with van der Waals surface area (Å²) >= 11 is 0. The van der Waals surface area contributed by atoms with Crippen LogP contribution in [-0.4, -0.2) is 66.2 Å². The Balaban J connectivity index is 1.55. The van der Waals surface area contributed by atoms with Gasteiger partial charge in [0, 0.05) is 32.2 Å². The molecule has 2 saturated heterocycles. The minimum Gasteiger partial charge on any atom is -0.478 e. The first-order chi connectivity index (χ1) is 12.4. The van der Waals surface area contributed by atoms with Gasteiger partial charge in [-0.05, 0) is 37.0 Å². The van der Waals surface area contributed by atoms with E-state index in [0.717, 1.165) is 18.4 Å². The van der Waals surface area contributed by atoms with Crippen LogP contribution in [0.2, 0.25) is 0 Å². The number of hydrogen-bond acceptors (Lipinski definition) is 4. The molecule has 0 spiro atoms. The first-order valence-electron chi connectivity index (χ1n) is 8.71. The number of carbonyl (C=O) groups is 2. The molecule has 26 heavy (non-hydrogen) atoms. The second-order valence-corrected chi connectivity index (χ2v) is 8.72. The molecule has 1 unspecified atom stereocenters. The highest BCUT2D eigenvalue weighted by atomic mass is 32.2. The summed E-state index contributed by atoms with van der Waals surface area (Å²) in [5.41, 5.74) is 1.00. The number of urea groups is 1. The molecule has 2 N–H and O–H groups in total. The van der Waals surface area contributed by atoms with Gasteiger partial charge in [-0.3, -0.25) is 0 Å². The summed E-state index contributed by atoms with van der Waals surface area (Å²) in [5, 5.41) is 11.7. The zero-order valence-corrected chi connectivity index (χ0v) is 15.2. The number of likely N-dealkylation sites (tertiary alicyclic amines) is 1. The molecule has 2 amide bonds. The van der Waals surface area contributed by atoms with Gasteiger partial charge in [0.2, 0.25) is 10.0 Å². The number of carbonyl (C=O) groups excluding carboxylic acids is 1. The first-order valence-corrected chi connectivity index (χ1v) is 10.3. The number of amides is 2. The molecule has 0 bridgehead atoms. The van der Waals surface area contributed by atoms with Crippen LogP contribution in [0, 0.1) is 0 Å². The number of hydrogen-bond donors (Lipinski definition) is 2. The molecule has 3 rings (SSSR count). The van der Waals surface area contributed by atoms with Crippen LogP contribution in [0.1, 0.15) is 35.2 Å². The Bertz CT molecular complexity index is 778. The molecule has 2 aliphatic rings. The largest absolute Gasteiger partial charge is 0.478 e. The van der Waals surface area contributed by atoms with E-state index in [1.165, 1.54) is 12.1 Å². The lowest BCUT2D eigenvalue weighted by Crippen LogP contribution is -2.52. The van der Waals surface area contributed by atoms with Crippen LogP contribution in [0.4, 0.5) is 4.79 Å². The minimum atomic E-state index is -3.18. The van der Waals surface area contributed by atoms with E-state index in [2.05, 4.69) is 5.32 Å².